The van der Waals surface area contributed by atoms with Gasteiger partial charge in [-0.3, -0.25) is 4.21 Å². The molecule has 0 saturated carbocycles. The van der Waals surface area contributed by atoms with Gasteiger partial charge in [0.05, 0.1) is 0 Å². The van der Waals surface area contributed by atoms with Crippen molar-refractivity contribution >= 4 is 32.4 Å². The van der Waals surface area contributed by atoms with Crippen molar-refractivity contribution in [2.24, 2.45) is 0 Å². The molecule has 16 heavy (non-hydrogen) atoms. The van der Waals surface area contributed by atoms with Gasteiger partial charge in [0.2, 0.25) is 0 Å². The van der Waals surface area contributed by atoms with Crippen LogP contribution in [0.25, 0.3) is 0 Å². The van der Waals surface area contributed by atoms with Gasteiger partial charge in [0.1, 0.15) is 0 Å². The standard InChI is InChI=1S/C12H16BrNOS/c1-9-2-3-12(11(13)8-9)14-10-4-6-16(15)7-5-10/h2-3,8,10,14H,4-7H2,1H3. The molecule has 1 aliphatic rings. The van der Waals surface area contributed by atoms with Gasteiger partial charge < -0.3 is 5.32 Å². The number of rotatable bonds is 2. The lowest BCUT2D eigenvalue weighted by atomic mass is 10.1. The van der Waals surface area contributed by atoms with Gasteiger partial charge in [0, 0.05) is 38.5 Å². The topological polar surface area (TPSA) is 29.1 Å². The first kappa shape index (κ1) is 12.1. The van der Waals surface area contributed by atoms with E-state index < -0.39 is 10.8 Å². The number of hydrogen-bond acceptors (Lipinski definition) is 2. The number of nitrogens with one attached hydrogen (secondary N) is 1. The van der Waals surface area contributed by atoms with Crippen molar-refractivity contribution in [1.29, 1.82) is 0 Å². The third-order valence-electron chi connectivity index (χ3n) is 2.87. The van der Waals surface area contributed by atoms with Crippen LogP contribution in [-0.2, 0) is 10.8 Å². The van der Waals surface area contributed by atoms with Crippen LogP contribution in [0.15, 0.2) is 22.7 Å². The zero-order valence-electron chi connectivity index (χ0n) is 9.33. The Labute approximate surface area is 107 Å². The Morgan fingerprint density at radius 1 is 1.38 bits per heavy atom. The first-order chi connectivity index (χ1) is 7.65. The Morgan fingerprint density at radius 3 is 2.69 bits per heavy atom. The molecule has 0 atom stereocenters. The van der Waals surface area contributed by atoms with E-state index in [1.807, 2.05) is 0 Å². The van der Waals surface area contributed by atoms with Crippen molar-refractivity contribution in [2.45, 2.75) is 25.8 Å². The van der Waals surface area contributed by atoms with Gasteiger partial charge in [-0.2, -0.15) is 0 Å². The minimum Gasteiger partial charge on any atom is -0.381 e. The fourth-order valence-corrected chi connectivity index (χ4v) is 3.80. The SMILES string of the molecule is Cc1ccc(NC2CCS(=O)CC2)c(Br)c1. The van der Waals surface area contributed by atoms with Gasteiger partial charge in [-0.15, -0.1) is 0 Å². The van der Waals surface area contributed by atoms with Crippen LogP contribution in [-0.4, -0.2) is 21.8 Å². The first-order valence-electron chi connectivity index (χ1n) is 5.53. The zero-order valence-corrected chi connectivity index (χ0v) is 11.7. The molecule has 2 rings (SSSR count). The second-order valence-corrected chi connectivity index (χ2v) is 6.80. The van der Waals surface area contributed by atoms with Crippen molar-refractivity contribution < 1.29 is 4.21 Å². The van der Waals surface area contributed by atoms with Crippen molar-refractivity contribution in [1.82, 2.24) is 0 Å². The predicted octanol–water partition coefficient (Wildman–Crippen LogP) is 3.08. The average Bonchev–Trinajstić information content (AvgIpc) is 2.25. The fourth-order valence-electron chi connectivity index (χ4n) is 1.90. The van der Waals surface area contributed by atoms with Crippen LogP contribution in [0, 0.1) is 6.92 Å². The molecule has 1 fully saturated rings. The van der Waals surface area contributed by atoms with E-state index in [0.717, 1.165) is 34.5 Å². The lowest BCUT2D eigenvalue weighted by Crippen LogP contribution is -2.29. The van der Waals surface area contributed by atoms with E-state index in [-0.39, 0.29) is 0 Å². The molecule has 1 N–H and O–H groups in total. The summed E-state index contributed by atoms with van der Waals surface area (Å²) in [7, 11) is -0.580. The van der Waals surface area contributed by atoms with Crippen LogP contribution in [0.1, 0.15) is 18.4 Å². The second-order valence-electron chi connectivity index (χ2n) is 4.25. The summed E-state index contributed by atoms with van der Waals surface area (Å²) in [6.45, 7) is 2.08. The third kappa shape index (κ3) is 3.08. The van der Waals surface area contributed by atoms with Gasteiger partial charge in [-0.25, -0.2) is 0 Å². The maximum Gasteiger partial charge on any atom is 0.0486 e. The van der Waals surface area contributed by atoms with Crippen LogP contribution >= 0.6 is 15.9 Å². The summed E-state index contributed by atoms with van der Waals surface area (Å²) in [5, 5.41) is 3.52. The van der Waals surface area contributed by atoms with Crippen molar-refractivity contribution in [2.75, 3.05) is 16.8 Å². The molecule has 0 amide bonds. The smallest absolute Gasteiger partial charge is 0.0486 e. The molecular weight excluding hydrogens is 286 g/mol. The Balaban J connectivity index is 2.01. The Bertz CT molecular complexity index is 398. The van der Waals surface area contributed by atoms with Crippen LogP contribution in [0.5, 0.6) is 0 Å². The average molecular weight is 302 g/mol. The van der Waals surface area contributed by atoms with Gasteiger partial charge >= 0.3 is 0 Å². The minimum absolute atomic E-state index is 0.469. The second kappa shape index (κ2) is 5.32. The minimum atomic E-state index is -0.580. The monoisotopic (exact) mass is 301 g/mol. The van der Waals surface area contributed by atoms with Crippen LogP contribution in [0.2, 0.25) is 0 Å². The fraction of sp³-hybridized carbons (Fsp3) is 0.500. The molecule has 2 nitrogen and oxygen atoms in total. The molecule has 0 aliphatic carbocycles. The van der Waals surface area contributed by atoms with E-state index in [4.69, 9.17) is 0 Å². The lowest BCUT2D eigenvalue weighted by molar-refractivity contribution is 0.624. The van der Waals surface area contributed by atoms with E-state index in [2.05, 4.69) is 46.4 Å². The summed E-state index contributed by atoms with van der Waals surface area (Å²) >= 11 is 3.56. The molecule has 0 radical (unpaired) electrons. The molecule has 1 saturated heterocycles. The van der Waals surface area contributed by atoms with Crippen LogP contribution < -0.4 is 5.32 Å². The van der Waals surface area contributed by atoms with Crippen LogP contribution in [0.4, 0.5) is 5.69 Å². The Kier molecular flexibility index (Phi) is 4.03. The zero-order chi connectivity index (χ0) is 11.5. The van der Waals surface area contributed by atoms with E-state index in [9.17, 15) is 4.21 Å². The summed E-state index contributed by atoms with van der Waals surface area (Å²) < 4.78 is 12.4. The summed E-state index contributed by atoms with van der Waals surface area (Å²) in [6.07, 6.45) is 2.01. The van der Waals surface area contributed by atoms with Crippen molar-refractivity contribution in [3.8, 4) is 0 Å². The molecule has 1 aromatic rings. The van der Waals surface area contributed by atoms with Crippen molar-refractivity contribution in [3.63, 3.8) is 0 Å². The molecule has 4 heteroatoms. The quantitative estimate of drug-likeness (QED) is 0.909. The highest BCUT2D eigenvalue weighted by Gasteiger charge is 2.17. The molecule has 1 heterocycles. The predicted molar refractivity (Wildman–Crippen MR) is 73.4 cm³/mol. The number of halogens is 1. The first-order valence-corrected chi connectivity index (χ1v) is 7.81. The third-order valence-corrected chi connectivity index (χ3v) is 4.91. The summed E-state index contributed by atoms with van der Waals surface area (Å²) in [5.41, 5.74) is 2.39. The maximum atomic E-state index is 11.2. The van der Waals surface area contributed by atoms with Gasteiger partial charge in [0.15, 0.2) is 0 Å². The lowest BCUT2D eigenvalue weighted by Gasteiger charge is -2.24. The highest BCUT2D eigenvalue weighted by atomic mass is 79.9. The molecule has 1 aromatic carbocycles. The van der Waals surface area contributed by atoms with Gasteiger partial charge in [-0.05, 0) is 53.4 Å². The van der Waals surface area contributed by atoms with Gasteiger partial charge in [0.25, 0.3) is 0 Å². The molecule has 0 unspecified atom stereocenters. The molecule has 0 aromatic heterocycles. The highest BCUT2D eigenvalue weighted by Crippen LogP contribution is 2.25. The molecule has 0 bridgehead atoms. The van der Waals surface area contributed by atoms with E-state index in [1.165, 1.54) is 5.56 Å². The molecule has 1 aliphatic heterocycles. The number of benzene rings is 1. The number of aryl methyl sites for hydroxylation is 1. The Hall–Kier alpha value is -0.350. The van der Waals surface area contributed by atoms with Crippen LogP contribution in [0.3, 0.4) is 0 Å². The summed E-state index contributed by atoms with van der Waals surface area (Å²) in [6, 6.07) is 6.79. The highest BCUT2D eigenvalue weighted by molar-refractivity contribution is 9.10. The number of anilines is 1. The van der Waals surface area contributed by atoms with E-state index >= 15 is 0 Å². The largest absolute Gasteiger partial charge is 0.381 e. The normalized spacial score (nSPS) is 25.4. The number of hydrogen-bond donors (Lipinski definition) is 1. The van der Waals surface area contributed by atoms with Crippen molar-refractivity contribution in [3.05, 3.63) is 28.2 Å². The van der Waals surface area contributed by atoms with E-state index in [0.29, 0.717) is 6.04 Å². The summed E-state index contributed by atoms with van der Waals surface area (Å²) in [5.74, 6) is 1.67. The molecule has 0 spiro atoms. The van der Waals surface area contributed by atoms with Gasteiger partial charge in [-0.1, -0.05) is 6.07 Å². The molecular formula is C12H16BrNOS. The maximum absolute atomic E-state index is 11.2. The Morgan fingerprint density at radius 2 is 2.06 bits per heavy atom. The molecule has 88 valence electrons. The van der Waals surface area contributed by atoms with E-state index in [1.54, 1.807) is 0 Å². The summed E-state index contributed by atoms with van der Waals surface area (Å²) in [4.78, 5) is 0.